The molecule has 4 rings (SSSR count). The number of imidazole rings is 1. The summed E-state index contributed by atoms with van der Waals surface area (Å²) in [6.45, 7) is 3.15. The summed E-state index contributed by atoms with van der Waals surface area (Å²) in [5, 5.41) is 4.05. The van der Waals surface area contributed by atoms with Gasteiger partial charge in [-0.15, -0.1) is 0 Å². The second kappa shape index (κ2) is 8.30. The van der Waals surface area contributed by atoms with E-state index in [1.54, 1.807) is 7.11 Å². The topological polar surface area (TPSA) is 69.0 Å². The van der Waals surface area contributed by atoms with Crippen LogP contribution in [-0.4, -0.2) is 39.4 Å². The van der Waals surface area contributed by atoms with Gasteiger partial charge in [-0.1, -0.05) is 47.4 Å². The van der Waals surface area contributed by atoms with E-state index in [2.05, 4.69) is 14.9 Å². The van der Waals surface area contributed by atoms with Gasteiger partial charge in [0.15, 0.2) is 10.3 Å². The zero-order valence-electron chi connectivity index (χ0n) is 15.6. The fourth-order valence-corrected chi connectivity index (χ4v) is 4.71. The van der Waals surface area contributed by atoms with Crippen molar-refractivity contribution >= 4 is 55.4 Å². The third-order valence-corrected chi connectivity index (χ3v) is 6.36. The summed E-state index contributed by atoms with van der Waals surface area (Å²) in [5.41, 5.74) is 2.85. The first-order valence-electron chi connectivity index (χ1n) is 8.93. The van der Waals surface area contributed by atoms with Crippen LogP contribution in [0.15, 0.2) is 53.7 Å². The van der Waals surface area contributed by atoms with E-state index in [1.165, 1.54) is 23.1 Å². The number of aromatic nitrogens is 3. The van der Waals surface area contributed by atoms with Crippen LogP contribution in [0.3, 0.4) is 0 Å². The Bertz CT molecular complexity index is 1090. The van der Waals surface area contributed by atoms with E-state index in [4.69, 9.17) is 9.72 Å². The van der Waals surface area contributed by atoms with Crippen molar-refractivity contribution in [3.63, 3.8) is 0 Å². The normalized spacial score (nSPS) is 12.5. The average molecular weight is 413 g/mol. The molecule has 1 unspecified atom stereocenters. The molecule has 28 heavy (non-hydrogen) atoms. The first kappa shape index (κ1) is 18.9. The van der Waals surface area contributed by atoms with Crippen LogP contribution in [0, 0.1) is 0 Å². The number of benzene rings is 2. The molecule has 2 heterocycles. The van der Waals surface area contributed by atoms with Gasteiger partial charge in [0.05, 0.1) is 33.1 Å². The lowest BCUT2D eigenvalue weighted by molar-refractivity contribution is -0.115. The highest BCUT2D eigenvalue weighted by Gasteiger charge is 2.20. The molecule has 1 atom stereocenters. The van der Waals surface area contributed by atoms with Gasteiger partial charge >= 0.3 is 0 Å². The molecule has 0 radical (unpaired) electrons. The average Bonchev–Trinajstić information content (AvgIpc) is 3.26. The monoisotopic (exact) mass is 412 g/mol. The Labute approximate surface area is 170 Å². The minimum atomic E-state index is -0.315. The fraction of sp³-hybridized carbons (Fsp3) is 0.250. The first-order chi connectivity index (χ1) is 13.7. The van der Waals surface area contributed by atoms with E-state index in [9.17, 15) is 4.79 Å². The molecule has 2 aromatic carbocycles. The highest BCUT2D eigenvalue weighted by molar-refractivity contribution is 8.00. The Morgan fingerprint density at radius 3 is 2.71 bits per heavy atom. The minimum Gasteiger partial charge on any atom is -0.383 e. The molecule has 0 aliphatic carbocycles. The maximum Gasteiger partial charge on any atom is 0.239 e. The highest BCUT2D eigenvalue weighted by atomic mass is 32.2. The number of hydrogen-bond acceptors (Lipinski definition) is 6. The van der Waals surface area contributed by atoms with Gasteiger partial charge in [-0.3, -0.25) is 4.79 Å². The number of nitrogens with one attached hydrogen (secondary N) is 1. The van der Waals surface area contributed by atoms with Crippen LogP contribution >= 0.6 is 23.1 Å². The molecule has 0 saturated carbocycles. The number of nitrogens with zero attached hydrogens (tertiary/aromatic N) is 3. The first-order valence-corrected chi connectivity index (χ1v) is 10.6. The van der Waals surface area contributed by atoms with Crippen molar-refractivity contribution in [2.24, 2.45) is 0 Å². The molecule has 1 N–H and O–H groups in total. The lowest BCUT2D eigenvalue weighted by atomic mass is 10.3. The van der Waals surface area contributed by atoms with Gasteiger partial charge < -0.3 is 14.6 Å². The number of anilines is 1. The molecule has 0 bridgehead atoms. The SMILES string of the molecule is COCCn1c(SC(C)C(=O)Nc2nc3ccccc3s2)nc2ccccc21. The molecule has 8 heteroatoms. The molecule has 0 spiro atoms. The number of thiazole rings is 1. The minimum absolute atomic E-state index is 0.0885. The summed E-state index contributed by atoms with van der Waals surface area (Å²) in [6.07, 6.45) is 0. The second-order valence-electron chi connectivity index (χ2n) is 6.26. The van der Waals surface area contributed by atoms with Crippen molar-refractivity contribution < 1.29 is 9.53 Å². The molecule has 0 aliphatic heterocycles. The van der Waals surface area contributed by atoms with Crippen molar-refractivity contribution in [2.45, 2.75) is 23.9 Å². The fourth-order valence-electron chi connectivity index (χ4n) is 2.89. The van der Waals surface area contributed by atoms with Gasteiger partial charge in [-0.25, -0.2) is 9.97 Å². The van der Waals surface area contributed by atoms with Gasteiger partial charge in [0.25, 0.3) is 0 Å². The molecule has 0 saturated heterocycles. The summed E-state index contributed by atoms with van der Waals surface area (Å²) >= 11 is 2.92. The number of carbonyl (C=O) groups excluding carboxylic acids is 1. The number of hydrogen-bond donors (Lipinski definition) is 1. The maximum atomic E-state index is 12.7. The number of amides is 1. The number of fused-ring (bicyclic) bond motifs is 2. The number of para-hydroxylation sites is 3. The zero-order valence-corrected chi connectivity index (χ0v) is 17.2. The van der Waals surface area contributed by atoms with Crippen molar-refractivity contribution in [3.8, 4) is 0 Å². The van der Waals surface area contributed by atoms with E-state index in [-0.39, 0.29) is 11.2 Å². The van der Waals surface area contributed by atoms with Crippen molar-refractivity contribution in [3.05, 3.63) is 48.5 Å². The summed E-state index contributed by atoms with van der Waals surface area (Å²) in [7, 11) is 1.68. The molecule has 1 amide bonds. The maximum absolute atomic E-state index is 12.7. The number of ether oxygens (including phenoxy) is 1. The van der Waals surface area contributed by atoms with E-state index in [0.717, 1.165) is 26.4 Å². The van der Waals surface area contributed by atoms with Crippen LogP contribution in [0.4, 0.5) is 5.13 Å². The Morgan fingerprint density at radius 1 is 1.18 bits per heavy atom. The molecule has 144 valence electrons. The smallest absolute Gasteiger partial charge is 0.239 e. The summed E-state index contributed by atoms with van der Waals surface area (Å²) in [4.78, 5) is 21.9. The second-order valence-corrected chi connectivity index (χ2v) is 8.60. The Morgan fingerprint density at radius 2 is 1.93 bits per heavy atom. The number of carbonyl (C=O) groups is 1. The Kier molecular flexibility index (Phi) is 5.61. The predicted octanol–water partition coefficient (Wildman–Crippen LogP) is 4.41. The van der Waals surface area contributed by atoms with Crippen molar-refractivity contribution in [1.29, 1.82) is 0 Å². The number of rotatable bonds is 7. The van der Waals surface area contributed by atoms with E-state index >= 15 is 0 Å². The third kappa shape index (κ3) is 3.89. The van der Waals surface area contributed by atoms with E-state index < -0.39 is 0 Å². The van der Waals surface area contributed by atoms with Crippen LogP contribution in [0.25, 0.3) is 21.3 Å². The van der Waals surface area contributed by atoms with Gasteiger partial charge in [-0.2, -0.15) is 0 Å². The van der Waals surface area contributed by atoms with Gasteiger partial charge in [-0.05, 0) is 31.2 Å². The van der Waals surface area contributed by atoms with Crippen molar-refractivity contribution in [1.82, 2.24) is 14.5 Å². The molecule has 6 nitrogen and oxygen atoms in total. The van der Waals surface area contributed by atoms with Crippen LogP contribution in [0.1, 0.15) is 6.92 Å². The molecular weight excluding hydrogens is 392 g/mol. The summed E-state index contributed by atoms with van der Waals surface area (Å²) in [5.74, 6) is -0.0885. The molecule has 0 fully saturated rings. The van der Waals surface area contributed by atoms with Crippen molar-refractivity contribution in [2.75, 3.05) is 19.0 Å². The number of thioether (sulfide) groups is 1. The van der Waals surface area contributed by atoms with Gasteiger partial charge in [0.1, 0.15) is 0 Å². The third-order valence-electron chi connectivity index (χ3n) is 4.31. The molecule has 2 aromatic heterocycles. The summed E-state index contributed by atoms with van der Waals surface area (Å²) < 4.78 is 8.39. The number of methoxy groups -OCH3 is 1. The summed E-state index contributed by atoms with van der Waals surface area (Å²) in [6, 6.07) is 15.8. The molecular formula is C20H20N4O2S2. The zero-order chi connectivity index (χ0) is 19.5. The van der Waals surface area contributed by atoms with Crippen LogP contribution < -0.4 is 5.32 Å². The van der Waals surface area contributed by atoms with E-state index in [1.807, 2.05) is 55.5 Å². The van der Waals surface area contributed by atoms with Gasteiger partial charge in [0.2, 0.25) is 5.91 Å². The van der Waals surface area contributed by atoms with Gasteiger partial charge in [0, 0.05) is 13.7 Å². The molecule has 4 aromatic rings. The standard InChI is InChI=1S/C20H20N4O2S2/c1-13(18(25)23-19-21-15-8-4-6-10-17(15)28-19)27-20-22-14-7-3-5-9-16(14)24(20)11-12-26-2/h3-10,13H,11-12H2,1-2H3,(H,21,23,25). The molecule has 0 aliphatic rings. The largest absolute Gasteiger partial charge is 0.383 e. The predicted molar refractivity (Wildman–Crippen MR) is 115 cm³/mol. The Hall–Kier alpha value is -2.42. The Balaban J connectivity index is 1.52. The van der Waals surface area contributed by atoms with Crippen LogP contribution in [0.5, 0.6) is 0 Å². The van der Waals surface area contributed by atoms with E-state index in [0.29, 0.717) is 18.3 Å². The highest BCUT2D eigenvalue weighted by Crippen LogP contribution is 2.29. The lowest BCUT2D eigenvalue weighted by Gasteiger charge is -2.12. The van der Waals surface area contributed by atoms with Crippen LogP contribution in [0.2, 0.25) is 0 Å². The quantitative estimate of drug-likeness (QED) is 0.455. The van der Waals surface area contributed by atoms with Crippen LogP contribution in [-0.2, 0) is 16.1 Å². The lowest BCUT2D eigenvalue weighted by Crippen LogP contribution is -2.23.